The molecule has 2 atom stereocenters. The van der Waals surface area contributed by atoms with E-state index in [9.17, 15) is 18.3 Å². The van der Waals surface area contributed by atoms with Crippen molar-refractivity contribution in [2.75, 3.05) is 38.2 Å². The third-order valence-electron chi connectivity index (χ3n) is 7.56. The maximum absolute atomic E-state index is 13.5. The van der Waals surface area contributed by atoms with Gasteiger partial charge >= 0.3 is 0 Å². The predicted octanol–water partition coefficient (Wildman–Crippen LogP) is 3.52. The smallest absolute Gasteiger partial charge is 0.253 e. The summed E-state index contributed by atoms with van der Waals surface area (Å²) in [6.07, 6.45) is -1.20. The first-order valence-electron chi connectivity index (χ1n) is 13.3. The number of piperazine rings is 1. The van der Waals surface area contributed by atoms with Crippen LogP contribution >= 0.6 is 0 Å². The lowest BCUT2D eigenvalue weighted by Crippen LogP contribution is -2.53. The van der Waals surface area contributed by atoms with Gasteiger partial charge in [-0.25, -0.2) is 13.1 Å². The maximum Gasteiger partial charge on any atom is 0.253 e. The van der Waals surface area contributed by atoms with Crippen molar-refractivity contribution in [3.8, 4) is 11.5 Å². The summed E-state index contributed by atoms with van der Waals surface area (Å²) in [6.45, 7) is 7.61. The molecule has 2 heterocycles. The van der Waals surface area contributed by atoms with E-state index in [1.54, 1.807) is 56.2 Å². The summed E-state index contributed by atoms with van der Waals surface area (Å²) in [4.78, 5) is 17.6. The summed E-state index contributed by atoms with van der Waals surface area (Å²) in [6, 6.07) is 18.4. The standard InChI is InChI=1S/C30H35N3O6S/c1-20-7-5-10-24(17-20)40(36,37)31-27-25-18-21(11-12-26(25)39-30(2,3)28(27)34)29(35)33-15-13-32(14-16-33)22-8-6-9-23(19-22)38-4/h5-12,17-19,27-28,31,34H,13-16H2,1-4H3/t27?,28-/m0/s1. The normalized spacial score (nSPS) is 20.4. The number of carbonyl (C=O) groups is 1. The molecule has 0 radical (unpaired) electrons. The fraction of sp³-hybridized carbons (Fsp3) is 0.367. The molecule has 0 spiro atoms. The van der Waals surface area contributed by atoms with Crippen molar-refractivity contribution in [1.82, 2.24) is 9.62 Å². The molecule has 2 N–H and O–H groups in total. The van der Waals surface area contributed by atoms with Crippen molar-refractivity contribution in [2.45, 2.75) is 43.4 Å². The van der Waals surface area contributed by atoms with Crippen LogP contribution in [0.2, 0.25) is 0 Å². The molecule has 3 aromatic carbocycles. The van der Waals surface area contributed by atoms with Gasteiger partial charge in [-0.15, -0.1) is 0 Å². The van der Waals surface area contributed by atoms with Crippen LogP contribution in [0.5, 0.6) is 11.5 Å². The van der Waals surface area contributed by atoms with Crippen LogP contribution < -0.4 is 19.1 Å². The number of rotatable bonds is 6. The highest BCUT2D eigenvalue weighted by Crippen LogP contribution is 2.41. The Labute approximate surface area is 235 Å². The van der Waals surface area contributed by atoms with E-state index in [0.717, 1.165) is 17.0 Å². The van der Waals surface area contributed by atoms with Gasteiger partial charge in [0.25, 0.3) is 5.91 Å². The lowest BCUT2D eigenvalue weighted by Gasteiger charge is -2.42. The molecule has 40 heavy (non-hydrogen) atoms. The Morgan fingerprint density at radius 3 is 2.45 bits per heavy atom. The average molecular weight is 566 g/mol. The molecule has 0 bridgehead atoms. The Morgan fingerprint density at radius 1 is 1.02 bits per heavy atom. The second-order valence-corrected chi connectivity index (χ2v) is 12.5. The van der Waals surface area contributed by atoms with Gasteiger partial charge in [0.1, 0.15) is 23.2 Å². The van der Waals surface area contributed by atoms with Gasteiger partial charge in [-0.3, -0.25) is 4.79 Å². The Hall–Kier alpha value is -3.60. The fourth-order valence-electron chi connectivity index (χ4n) is 5.24. The van der Waals surface area contributed by atoms with Crippen molar-refractivity contribution in [3.05, 3.63) is 83.4 Å². The average Bonchev–Trinajstić information content (AvgIpc) is 2.95. The molecule has 2 aliphatic heterocycles. The third-order valence-corrected chi connectivity index (χ3v) is 9.00. The second-order valence-electron chi connectivity index (χ2n) is 10.8. The summed E-state index contributed by atoms with van der Waals surface area (Å²) in [5.74, 6) is 1.05. The molecular weight excluding hydrogens is 530 g/mol. The van der Waals surface area contributed by atoms with Crippen LogP contribution in [0.25, 0.3) is 0 Å². The van der Waals surface area contributed by atoms with E-state index in [4.69, 9.17) is 9.47 Å². The topological polar surface area (TPSA) is 108 Å². The molecule has 0 aliphatic carbocycles. The number of ether oxygens (including phenoxy) is 2. The van der Waals surface area contributed by atoms with Gasteiger partial charge in [-0.2, -0.15) is 0 Å². The first-order chi connectivity index (χ1) is 19.0. The number of benzene rings is 3. The molecule has 3 aromatic rings. The van der Waals surface area contributed by atoms with Crippen LogP contribution in [0.4, 0.5) is 5.69 Å². The molecule has 10 heteroatoms. The quantitative estimate of drug-likeness (QED) is 0.471. The molecule has 1 unspecified atom stereocenters. The Bertz CT molecular complexity index is 1520. The molecule has 9 nitrogen and oxygen atoms in total. The largest absolute Gasteiger partial charge is 0.497 e. The van der Waals surface area contributed by atoms with E-state index in [1.807, 2.05) is 37.3 Å². The first kappa shape index (κ1) is 27.9. The number of aliphatic hydroxyl groups is 1. The number of fused-ring (bicyclic) bond motifs is 1. The van der Waals surface area contributed by atoms with Gasteiger partial charge in [0, 0.05) is 49.1 Å². The lowest BCUT2D eigenvalue weighted by atomic mass is 9.86. The fourth-order valence-corrected chi connectivity index (χ4v) is 6.56. The number of methoxy groups -OCH3 is 1. The van der Waals surface area contributed by atoms with Gasteiger partial charge in [-0.1, -0.05) is 18.2 Å². The summed E-state index contributed by atoms with van der Waals surface area (Å²) in [5, 5.41) is 11.2. The number of nitrogens with zero attached hydrogens (tertiary/aromatic N) is 2. The Kier molecular flexibility index (Phi) is 7.52. The zero-order valence-corrected chi connectivity index (χ0v) is 23.9. The number of sulfonamides is 1. The highest BCUT2D eigenvalue weighted by atomic mass is 32.2. The lowest BCUT2D eigenvalue weighted by molar-refractivity contribution is -0.0603. The highest BCUT2D eigenvalue weighted by molar-refractivity contribution is 7.89. The third kappa shape index (κ3) is 5.52. The molecule has 2 aliphatic rings. The van der Waals surface area contributed by atoms with Crippen molar-refractivity contribution in [1.29, 1.82) is 0 Å². The van der Waals surface area contributed by atoms with Crippen molar-refractivity contribution < 1.29 is 27.8 Å². The number of hydrogen-bond acceptors (Lipinski definition) is 7. The minimum atomic E-state index is -3.97. The first-order valence-corrected chi connectivity index (χ1v) is 14.7. The Morgan fingerprint density at radius 2 is 1.75 bits per heavy atom. The van der Waals surface area contributed by atoms with Crippen LogP contribution in [-0.2, 0) is 10.0 Å². The molecule has 5 rings (SSSR count). The molecule has 0 saturated carbocycles. The van der Waals surface area contributed by atoms with Crippen LogP contribution in [-0.4, -0.2) is 69.3 Å². The van der Waals surface area contributed by atoms with Gasteiger partial charge in [0.15, 0.2) is 0 Å². The van der Waals surface area contributed by atoms with E-state index >= 15 is 0 Å². The number of anilines is 1. The van der Waals surface area contributed by atoms with Crippen LogP contribution in [0.3, 0.4) is 0 Å². The van der Waals surface area contributed by atoms with Crippen molar-refractivity contribution in [3.63, 3.8) is 0 Å². The maximum atomic E-state index is 13.5. The molecule has 212 valence electrons. The van der Waals surface area contributed by atoms with Gasteiger partial charge < -0.3 is 24.4 Å². The van der Waals surface area contributed by atoms with E-state index in [1.165, 1.54) is 6.07 Å². The van der Waals surface area contributed by atoms with E-state index in [-0.39, 0.29) is 10.8 Å². The number of nitrogens with one attached hydrogen (secondary N) is 1. The zero-order valence-electron chi connectivity index (χ0n) is 23.1. The summed E-state index contributed by atoms with van der Waals surface area (Å²) >= 11 is 0. The van der Waals surface area contributed by atoms with Crippen molar-refractivity contribution >= 4 is 21.6 Å². The molecule has 1 amide bonds. The van der Waals surface area contributed by atoms with Gasteiger partial charge in [0.2, 0.25) is 10.0 Å². The minimum absolute atomic E-state index is 0.103. The second kappa shape index (κ2) is 10.8. The van der Waals surface area contributed by atoms with E-state index in [2.05, 4.69) is 9.62 Å². The van der Waals surface area contributed by atoms with E-state index < -0.39 is 27.8 Å². The molecular formula is C30H35N3O6S. The van der Waals surface area contributed by atoms with E-state index in [0.29, 0.717) is 43.1 Å². The molecule has 1 fully saturated rings. The molecule has 0 aromatic heterocycles. The predicted molar refractivity (Wildman–Crippen MR) is 153 cm³/mol. The summed E-state index contributed by atoms with van der Waals surface area (Å²) < 4.78 is 40.7. The number of amides is 1. The van der Waals surface area contributed by atoms with Crippen LogP contribution in [0.1, 0.15) is 41.4 Å². The summed E-state index contributed by atoms with van der Waals surface area (Å²) in [5.41, 5.74) is 1.61. The zero-order chi connectivity index (χ0) is 28.7. The number of carbonyl (C=O) groups excluding carboxylic acids is 1. The highest BCUT2D eigenvalue weighted by Gasteiger charge is 2.45. The van der Waals surface area contributed by atoms with Gasteiger partial charge in [0.05, 0.1) is 18.0 Å². The van der Waals surface area contributed by atoms with Crippen molar-refractivity contribution in [2.24, 2.45) is 0 Å². The van der Waals surface area contributed by atoms with Crippen LogP contribution in [0, 0.1) is 6.92 Å². The minimum Gasteiger partial charge on any atom is -0.497 e. The summed E-state index contributed by atoms with van der Waals surface area (Å²) in [7, 11) is -2.34. The SMILES string of the molecule is COc1cccc(N2CCN(C(=O)c3ccc4c(c3)C(NS(=O)(=O)c3cccc(C)c3)[C@H](O)C(C)(C)O4)CC2)c1. The Balaban J connectivity index is 1.38. The van der Waals surface area contributed by atoms with Crippen LogP contribution in [0.15, 0.2) is 71.6 Å². The number of aliphatic hydroxyl groups excluding tert-OH is 1. The molecule has 1 saturated heterocycles. The van der Waals surface area contributed by atoms with Gasteiger partial charge in [-0.05, 0) is 68.8 Å². The number of aryl methyl sites for hydroxylation is 1. The monoisotopic (exact) mass is 565 g/mol. The number of hydrogen-bond donors (Lipinski definition) is 2.